The number of hydrogen-bond acceptors (Lipinski definition) is 5. The first-order valence-corrected chi connectivity index (χ1v) is 7.04. The Kier molecular flexibility index (Phi) is 3.22. The first-order chi connectivity index (χ1) is 9.28. The summed E-state index contributed by atoms with van der Waals surface area (Å²) < 4.78 is 1.83. The Bertz CT molecular complexity index is 656. The van der Waals surface area contributed by atoms with E-state index in [1.165, 1.54) is 30.2 Å². The van der Waals surface area contributed by atoms with Crippen LogP contribution in [-0.4, -0.2) is 19.7 Å². The van der Waals surface area contributed by atoms with Crippen molar-refractivity contribution >= 4 is 11.8 Å². The van der Waals surface area contributed by atoms with Crippen LogP contribution in [0, 0.1) is 11.3 Å². The Labute approximate surface area is 115 Å². The van der Waals surface area contributed by atoms with Gasteiger partial charge < -0.3 is 4.57 Å². The van der Waals surface area contributed by atoms with Crippen molar-refractivity contribution in [1.82, 2.24) is 19.7 Å². The second-order valence-electron chi connectivity index (χ2n) is 4.59. The molecule has 1 aliphatic rings. The topological polar surface area (TPSA) is 67.4 Å². The van der Waals surface area contributed by atoms with Gasteiger partial charge in [0.05, 0.1) is 5.56 Å². The third-order valence-electron chi connectivity index (χ3n) is 3.24. The highest BCUT2D eigenvalue weighted by molar-refractivity contribution is 7.99. The average molecular weight is 271 g/mol. The Balaban J connectivity index is 2.01. The van der Waals surface area contributed by atoms with Crippen molar-refractivity contribution in [3.63, 3.8) is 0 Å². The minimum Gasteiger partial charge on any atom is -0.311 e. The molecule has 2 aromatic heterocycles. The van der Waals surface area contributed by atoms with Crippen LogP contribution in [-0.2, 0) is 19.9 Å². The number of hydrogen-bond donors (Lipinski definition) is 0. The second-order valence-corrected chi connectivity index (χ2v) is 5.55. The fraction of sp³-hybridized carbons (Fsp3) is 0.385. The summed E-state index contributed by atoms with van der Waals surface area (Å²) in [4.78, 5) is 4.66. The largest absolute Gasteiger partial charge is 0.311 e. The van der Waals surface area contributed by atoms with E-state index in [0.717, 1.165) is 28.7 Å². The first-order valence-electron chi connectivity index (χ1n) is 6.22. The summed E-state index contributed by atoms with van der Waals surface area (Å²) in [5, 5.41) is 18.6. The highest BCUT2D eigenvalue weighted by atomic mass is 32.2. The normalized spacial score (nSPS) is 13.9. The number of rotatable bonds is 2. The Morgan fingerprint density at radius 3 is 2.95 bits per heavy atom. The van der Waals surface area contributed by atoms with E-state index < -0.39 is 0 Å². The van der Waals surface area contributed by atoms with Gasteiger partial charge in [-0.05, 0) is 49.1 Å². The van der Waals surface area contributed by atoms with E-state index in [9.17, 15) is 5.26 Å². The molecule has 3 rings (SSSR count). The molecule has 2 aromatic rings. The highest BCUT2D eigenvalue weighted by Crippen LogP contribution is 2.30. The predicted octanol–water partition coefficient (Wildman–Crippen LogP) is 2.11. The van der Waals surface area contributed by atoms with Gasteiger partial charge in [-0.2, -0.15) is 5.26 Å². The zero-order valence-corrected chi connectivity index (χ0v) is 11.4. The molecule has 19 heavy (non-hydrogen) atoms. The summed E-state index contributed by atoms with van der Waals surface area (Å²) in [5.74, 6) is 0. The molecule has 0 N–H and O–H groups in total. The average Bonchev–Trinajstić information content (AvgIpc) is 2.83. The fourth-order valence-corrected chi connectivity index (χ4v) is 3.05. The molecule has 6 heteroatoms. The van der Waals surface area contributed by atoms with Gasteiger partial charge in [-0.1, -0.05) is 0 Å². The van der Waals surface area contributed by atoms with Gasteiger partial charge in [0, 0.05) is 12.7 Å². The van der Waals surface area contributed by atoms with Crippen molar-refractivity contribution in [3.8, 4) is 6.07 Å². The lowest BCUT2D eigenvalue weighted by Gasteiger charge is -2.16. The molecule has 0 atom stereocenters. The third-order valence-corrected chi connectivity index (χ3v) is 4.30. The van der Waals surface area contributed by atoms with Crippen molar-refractivity contribution in [2.75, 3.05) is 0 Å². The zero-order valence-electron chi connectivity index (χ0n) is 10.6. The lowest BCUT2D eigenvalue weighted by Crippen LogP contribution is -2.07. The summed E-state index contributed by atoms with van der Waals surface area (Å²) in [6.07, 6.45) is 6.06. The lowest BCUT2D eigenvalue weighted by atomic mass is 9.95. The maximum atomic E-state index is 9.27. The Morgan fingerprint density at radius 1 is 1.37 bits per heavy atom. The van der Waals surface area contributed by atoms with E-state index in [1.54, 1.807) is 6.33 Å². The predicted molar refractivity (Wildman–Crippen MR) is 70.7 cm³/mol. The molecule has 2 heterocycles. The minimum atomic E-state index is 0.633. The number of aryl methyl sites for hydroxylation is 3. The number of nitrogens with zero attached hydrogens (tertiary/aromatic N) is 5. The minimum absolute atomic E-state index is 0.633. The monoisotopic (exact) mass is 271 g/mol. The van der Waals surface area contributed by atoms with Crippen LogP contribution in [0.2, 0.25) is 0 Å². The molecule has 0 aliphatic heterocycles. The highest BCUT2D eigenvalue weighted by Gasteiger charge is 2.17. The molecule has 0 bridgehead atoms. The van der Waals surface area contributed by atoms with E-state index in [1.807, 2.05) is 17.7 Å². The van der Waals surface area contributed by atoms with Gasteiger partial charge in [-0.15, -0.1) is 10.2 Å². The second kappa shape index (κ2) is 5.02. The van der Waals surface area contributed by atoms with Crippen LogP contribution in [0.5, 0.6) is 0 Å². The zero-order chi connectivity index (χ0) is 13.2. The van der Waals surface area contributed by atoms with Crippen LogP contribution in [0.15, 0.2) is 22.6 Å². The summed E-state index contributed by atoms with van der Waals surface area (Å²) >= 11 is 1.40. The van der Waals surface area contributed by atoms with Gasteiger partial charge in [-0.25, -0.2) is 4.98 Å². The molecule has 1 aliphatic carbocycles. The number of nitriles is 1. The van der Waals surface area contributed by atoms with Gasteiger partial charge in [-0.3, -0.25) is 0 Å². The van der Waals surface area contributed by atoms with E-state index >= 15 is 0 Å². The van der Waals surface area contributed by atoms with Crippen molar-refractivity contribution in [1.29, 1.82) is 5.26 Å². The Hall–Kier alpha value is -1.87. The third kappa shape index (κ3) is 2.34. The smallest absolute Gasteiger partial charge is 0.197 e. The van der Waals surface area contributed by atoms with E-state index in [0.29, 0.717) is 5.56 Å². The van der Waals surface area contributed by atoms with Crippen molar-refractivity contribution in [2.45, 2.75) is 35.9 Å². The SMILES string of the molecule is Cn1cnnc1Sc1nc2c(cc1C#N)CCCC2. The standard InChI is InChI=1S/C13H13N5S/c1-18-8-15-17-13(18)19-12-10(7-14)6-9-4-2-3-5-11(9)16-12/h6,8H,2-5H2,1H3. The van der Waals surface area contributed by atoms with E-state index in [2.05, 4.69) is 21.3 Å². The van der Waals surface area contributed by atoms with Crippen LogP contribution < -0.4 is 0 Å². The van der Waals surface area contributed by atoms with Crippen molar-refractivity contribution < 1.29 is 0 Å². The molecule has 0 unspecified atom stereocenters. The molecule has 0 fully saturated rings. The van der Waals surface area contributed by atoms with Gasteiger partial charge in [0.2, 0.25) is 0 Å². The van der Waals surface area contributed by atoms with Crippen LogP contribution in [0.25, 0.3) is 0 Å². The summed E-state index contributed by atoms with van der Waals surface area (Å²) in [6, 6.07) is 4.22. The van der Waals surface area contributed by atoms with Crippen LogP contribution >= 0.6 is 11.8 Å². The molecule has 0 spiro atoms. The molecule has 5 nitrogen and oxygen atoms in total. The van der Waals surface area contributed by atoms with Crippen LogP contribution in [0.4, 0.5) is 0 Å². The first kappa shape index (κ1) is 12.2. The summed E-state index contributed by atoms with van der Waals surface area (Å²) in [7, 11) is 1.88. The van der Waals surface area contributed by atoms with Crippen molar-refractivity contribution in [2.24, 2.45) is 7.05 Å². The lowest BCUT2D eigenvalue weighted by molar-refractivity contribution is 0.659. The van der Waals surface area contributed by atoms with E-state index in [4.69, 9.17) is 0 Å². The van der Waals surface area contributed by atoms with Gasteiger partial charge >= 0.3 is 0 Å². The molecule has 0 amide bonds. The molecule has 96 valence electrons. The maximum Gasteiger partial charge on any atom is 0.197 e. The Morgan fingerprint density at radius 2 is 2.21 bits per heavy atom. The molecule has 0 radical (unpaired) electrons. The van der Waals surface area contributed by atoms with Crippen LogP contribution in [0.3, 0.4) is 0 Å². The summed E-state index contributed by atoms with van der Waals surface area (Å²) in [6.45, 7) is 0. The molecule has 0 saturated carbocycles. The van der Waals surface area contributed by atoms with Gasteiger partial charge in [0.25, 0.3) is 0 Å². The summed E-state index contributed by atoms with van der Waals surface area (Å²) in [5.41, 5.74) is 2.99. The molecular weight excluding hydrogens is 258 g/mol. The molecule has 0 saturated heterocycles. The number of pyridine rings is 1. The van der Waals surface area contributed by atoms with Gasteiger partial charge in [0.1, 0.15) is 17.4 Å². The van der Waals surface area contributed by atoms with Gasteiger partial charge in [0.15, 0.2) is 5.16 Å². The number of fused-ring (bicyclic) bond motifs is 1. The maximum absolute atomic E-state index is 9.27. The van der Waals surface area contributed by atoms with Crippen molar-refractivity contribution in [3.05, 3.63) is 29.2 Å². The molecule has 0 aromatic carbocycles. The molecular formula is C13H13N5S. The quantitative estimate of drug-likeness (QED) is 0.837. The van der Waals surface area contributed by atoms with Crippen LogP contribution in [0.1, 0.15) is 29.7 Å². The fourth-order valence-electron chi connectivity index (χ4n) is 2.22. The number of aromatic nitrogens is 4. The van der Waals surface area contributed by atoms with E-state index in [-0.39, 0.29) is 0 Å².